The molecule has 0 spiro atoms. The monoisotopic (exact) mass is 810 g/mol. The minimum atomic E-state index is -3.15. The lowest BCUT2D eigenvalue weighted by Gasteiger charge is -2.71. The molecule has 0 aromatic heterocycles. The molecule has 0 radical (unpaired) electrons. The Hall–Kier alpha value is -1.76. The summed E-state index contributed by atoms with van der Waals surface area (Å²) in [5.74, 6) is -4.30. The maximum absolute atomic E-state index is 13.1. The van der Waals surface area contributed by atoms with Crippen molar-refractivity contribution in [3.63, 3.8) is 0 Å². The number of ether oxygens (including phenoxy) is 4. The molecule has 9 N–H and O–H groups in total. The number of carbonyl (C=O) groups is 2. The summed E-state index contributed by atoms with van der Waals surface area (Å²) in [6.45, 7) is 15.0. The van der Waals surface area contributed by atoms with Gasteiger partial charge in [-0.05, 0) is 109 Å². The van der Waals surface area contributed by atoms with Gasteiger partial charge in [0, 0.05) is 0 Å². The molecule has 7 aliphatic rings. The first-order valence-electron chi connectivity index (χ1n) is 21.0. The van der Waals surface area contributed by atoms with E-state index in [1.807, 2.05) is 0 Å². The van der Waals surface area contributed by atoms with Crippen molar-refractivity contribution in [3.8, 4) is 0 Å². The van der Waals surface area contributed by atoms with Crippen LogP contribution in [0, 0.1) is 56.7 Å². The summed E-state index contributed by atoms with van der Waals surface area (Å²) >= 11 is 0. The predicted octanol–water partition coefficient (Wildman–Crippen LogP) is 2.15. The molecule has 7 unspecified atom stereocenters. The van der Waals surface area contributed by atoms with Gasteiger partial charge in [0.05, 0.1) is 18.1 Å². The molecule has 0 amide bonds. The molecule has 324 valence electrons. The quantitative estimate of drug-likeness (QED) is 0.102. The van der Waals surface area contributed by atoms with Gasteiger partial charge in [-0.15, -0.1) is 0 Å². The first kappa shape index (κ1) is 43.3. The van der Waals surface area contributed by atoms with Gasteiger partial charge in [0.25, 0.3) is 0 Å². The van der Waals surface area contributed by atoms with E-state index < -0.39 is 96.6 Å². The molecular formula is C42H66O15. The van der Waals surface area contributed by atoms with Crippen molar-refractivity contribution in [2.75, 3.05) is 6.61 Å². The van der Waals surface area contributed by atoms with Crippen LogP contribution in [0.4, 0.5) is 0 Å². The number of carboxylic acids is 2. The number of fused-ring (bicyclic) bond motifs is 7. The van der Waals surface area contributed by atoms with Gasteiger partial charge in [0.15, 0.2) is 18.5 Å². The van der Waals surface area contributed by atoms with Gasteiger partial charge >= 0.3 is 17.9 Å². The van der Waals surface area contributed by atoms with Gasteiger partial charge in [0.1, 0.15) is 36.6 Å². The molecule has 0 aromatic carbocycles. The zero-order valence-corrected chi connectivity index (χ0v) is 34.3. The highest BCUT2D eigenvalue weighted by Gasteiger charge is 2.70. The Balaban J connectivity index is 1.17. The smallest absolute Gasteiger partial charge is 0.335 e. The minimum absolute atomic E-state index is 0.00317. The number of rotatable bonds is 7. The molecule has 20 atom stereocenters. The van der Waals surface area contributed by atoms with Crippen LogP contribution < -0.4 is 0 Å². The summed E-state index contributed by atoms with van der Waals surface area (Å²) in [7, 11) is 0. The van der Waals surface area contributed by atoms with Crippen LogP contribution in [-0.4, -0.2) is 132 Å². The third-order valence-corrected chi connectivity index (χ3v) is 17.7. The molecular weight excluding hydrogens is 744 g/mol. The van der Waals surface area contributed by atoms with E-state index in [9.17, 15) is 55.5 Å². The standard InChI is InChI=1S/C42H66O15/c1-19-10-15-41(36(51)52)17-16-39(6)21(26(41)20(19)2)8-9-24-38(5)13-12-25(37(3,4)23(38)11-14-40(24,39)7)54-35-32(29(46)28(45)31(55-35)34(49)50)57-42(53)33(48)30(47)27(44)22(18-43)56-42/h8,19-20,22-33,35,43-48,53H,9-18H2,1-7H3,(H,49,50)(H,51,52)/t19-,20+,22?,23+,24-,25+,26+,27+,28?,29?,30?,31?,32?,33+,35?,38+,39-,40-,41+,42-/m1/s1. The highest BCUT2D eigenvalue weighted by Crippen LogP contribution is 2.76. The Kier molecular flexibility index (Phi) is 11.0. The molecule has 6 fully saturated rings. The average Bonchev–Trinajstić information content (AvgIpc) is 3.14. The highest BCUT2D eigenvalue weighted by atomic mass is 16.9. The summed E-state index contributed by atoms with van der Waals surface area (Å²) in [5.41, 5.74) is -0.387. The Morgan fingerprint density at radius 3 is 2.16 bits per heavy atom. The SMILES string of the molecule is C[C@H]1[C@H](C)CC[C@]2(C(=O)O)CC[C@]3(C)C(=CC[C@@H]4[C@@]5(C)CC[C@H](OC6OC(C(=O)O)C(O)C(O)C6O[C@]6(O)OC(CO)[C@H](O)C(O)[C@@H]6O)C(C)(C)[C@@H]5CC[C@]43C)[C@H]12. The van der Waals surface area contributed by atoms with Gasteiger partial charge in [-0.3, -0.25) is 4.79 Å². The molecule has 57 heavy (non-hydrogen) atoms. The second-order valence-electron chi connectivity index (χ2n) is 20.3. The molecule has 15 nitrogen and oxygen atoms in total. The van der Waals surface area contributed by atoms with Gasteiger partial charge < -0.3 is 64.9 Å². The molecule has 2 heterocycles. The van der Waals surface area contributed by atoms with Crippen LogP contribution in [0.25, 0.3) is 0 Å². The lowest BCUT2D eigenvalue weighted by Crippen LogP contribution is -2.70. The largest absolute Gasteiger partial charge is 0.481 e. The maximum atomic E-state index is 13.1. The topological polar surface area (TPSA) is 253 Å². The van der Waals surface area contributed by atoms with Crippen LogP contribution in [0.3, 0.4) is 0 Å². The van der Waals surface area contributed by atoms with Gasteiger partial charge in [-0.2, -0.15) is 0 Å². The maximum Gasteiger partial charge on any atom is 0.335 e. The summed E-state index contributed by atoms with van der Waals surface area (Å²) in [6, 6.07) is 0. The molecule has 0 bridgehead atoms. The fraction of sp³-hybridized carbons (Fsp3) is 0.905. The second-order valence-corrected chi connectivity index (χ2v) is 20.3. The first-order chi connectivity index (χ1) is 26.4. The average molecular weight is 811 g/mol. The van der Waals surface area contributed by atoms with E-state index in [2.05, 4.69) is 54.5 Å². The van der Waals surface area contributed by atoms with Crippen LogP contribution in [0.15, 0.2) is 11.6 Å². The van der Waals surface area contributed by atoms with Crippen molar-refractivity contribution in [1.29, 1.82) is 0 Å². The molecule has 4 saturated carbocycles. The lowest BCUT2D eigenvalue weighted by atomic mass is 9.33. The predicted molar refractivity (Wildman–Crippen MR) is 200 cm³/mol. The van der Waals surface area contributed by atoms with E-state index in [-0.39, 0.29) is 39.9 Å². The third kappa shape index (κ3) is 6.14. The molecule has 2 aliphatic heterocycles. The Bertz CT molecular complexity index is 1600. The van der Waals surface area contributed by atoms with E-state index in [1.165, 1.54) is 5.57 Å². The normalized spacial score (nSPS) is 54.6. The van der Waals surface area contributed by atoms with Gasteiger partial charge in [0.2, 0.25) is 0 Å². The van der Waals surface area contributed by atoms with Crippen molar-refractivity contribution in [1.82, 2.24) is 0 Å². The van der Waals surface area contributed by atoms with Crippen LogP contribution in [0.5, 0.6) is 0 Å². The van der Waals surface area contributed by atoms with Crippen molar-refractivity contribution in [3.05, 3.63) is 11.6 Å². The number of hydrogen-bond acceptors (Lipinski definition) is 13. The van der Waals surface area contributed by atoms with E-state index in [0.717, 1.165) is 38.5 Å². The van der Waals surface area contributed by atoms with Crippen LogP contribution in [0.2, 0.25) is 0 Å². The first-order valence-corrected chi connectivity index (χ1v) is 21.0. The van der Waals surface area contributed by atoms with E-state index in [0.29, 0.717) is 25.2 Å². The Morgan fingerprint density at radius 2 is 1.53 bits per heavy atom. The number of aliphatic carboxylic acids is 2. The van der Waals surface area contributed by atoms with E-state index in [1.54, 1.807) is 0 Å². The summed E-state index contributed by atoms with van der Waals surface area (Å²) < 4.78 is 23.3. The van der Waals surface area contributed by atoms with Crippen molar-refractivity contribution in [2.24, 2.45) is 56.7 Å². The minimum Gasteiger partial charge on any atom is -0.481 e. The number of hydrogen-bond donors (Lipinski definition) is 9. The van der Waals surface area contributed by atoms with E-state index >= 15 is 0 Å². The summed E-state index contributed by atoms with van der Waals surface area (Å²) in [6.07, 6.45) is -8.65. The van der Waals surface area contributed by atoms with Gasteiger partial charge in [-0.1, -0.05) is 60.1 Å². The Labute approximate surface area is 334 Å². The number of carboxylic acid groups (broad SMARTS) is 2. The van der Waals surface area contributed by atoms with Crippen molar-refractivity contribution < 1.29 is 74.5 Å². The molecule has 5 aliphatic carbocycles. The second kappa shape index (κ2) is 14.4. The fourth-order valence-corrected chi connectivity index (χ4v) is 13.9. The summed E-state index contributed by atoms with van der Waals surface area (Å²) in [4.78, 5) is 25.3. The number of aliphatic hydroxyl groups excluding tert-OH is 6. The fourth-order valence-electron chi connectivity index (χ4n) is 13.9. The van der Waals surface area contributed by atoms with Crippen molar-refractivity contribution in [2.45, 2.75) is 173 Å². The number of aliphatic hydroxyl groups is 7. The van der Waals surface area contributed by atoms with Gasteiger partial charge in [-0.25, -0.2) is 4.79 Å². The lowest BCUT2D eigenvalue weighted by molar-refractivity contribution is -0.479. The zero-order chi connectivity index (χ0) is 42.0. The van der Waals surface area contributed by atoms with Crippen LogP contribution in [-0.2, 0) is 28.5 Å². The Morgan fingerprint density at radius 1 is 0.842 bits per heavy atom. The molecule has 15 heteroatoms. The van der Waals surface area contributed by atoms with E-state index in [4.69, 9.17) is 18.9 Å². The molecule has 0 aromatic rings. The van der Waals surface area contributed by atoms with Crippen molar-refractivity contribution >= 4 is 11.9 Å². The third-order valence-electron chi connectivity index (χ3n) is 17.7. The highest BCUT2D eigenvalue weighted by molar-refractivity contribution is 5.77. The number of allylic oxidation sites excluding steroid dienone is 2. The molecule has 7 rings (SSSR count). The van der Waals surface area contributed by atoms with Crippen LogP contribution in [0.1, 0.15) is 106 Å². The van der Waals surface area contributed by atoms with Crippen LogP contribution >= 0.6 is 0 Å². The summed E-state index contributed by atoms with van der Waals surface area (Å²) in [5, 5.41) is 95.2. The zero-order valence-electron chi connectivity index (χ0n) is 34.3. The molecule has 2 saturated heterocycles.